The zero-order valence-corrected chi connectivity index (χ0v) is 8.93. The Morgan fingerprint density at radius 3 is 2.53 bits per heavy atom. The van der Waals surface area contributed by atoms with Crippen molar-refractivity contribution in [2.45, 2.75) is 13.8 Å². The summed E-state index contributed by atoms with van der Waals surface area (Å²) in [7, 11) is 1.78. The molecule has 0 radical (unpaired) electrons. The molecular weight excluding hydrogens is 193 g/mol. The van der Waals surface area contributed by atoms with Crippen molar-refractivity contribution in [1.29, 1.82) is 0 Å². The Morgan fingerprint density at radius 1 is 1.13 bits per heavy atom. The summed E-state index contributed by atoms with van der Waals surface area (Å²) >= 11 is 0. The summed E-state index contributed by atoms with van der Waals surface area (Å²) in [6.45, 7) is 3.56. The predicted octanol–water partition coefficient (Wildman–Crippen LogP) is 2.43. The van der Waals surface area contributed by atoms with E-state index < -0.39 is 0 Å². The van der Waals surface area contributed by atoms with Crippen molar-refractivity contribution < 1.29 is 4.39 Å². The molecule has 1 aromatic heterocycles. The molecule has 0 spiro atoms. The molecule has 0 saturated carbocycles. The molecule has 0 amide bonds. The lowest BCUT2D eigenvalue weighted by atomic mass is 10.1. The average Bonchev–Trinajstić information content (AvgIpc) is 2.22. The van der Waals surface area contributed by atoms with E-state index in [-0.39, 0.29) is 5.82 Å². The minimum absolute atomic E-state index is 0.208. The number of hydrogen-bond acceptors (Lipinski definition) is 3. The number of anilines is 1. The van der Waals surface area contributed by atoms with E-state index in [2.05, 4.69) is 15.5 Å². The van der Waals surface area contributed by atoms with Crippen molar-refractivity contribution in [1.82, 2.24) is 10.2 Å². The molecule has 0 aliphatic carbocycles. The van der Waals surface area contributed by atoms with Crippen LogP contribution in [0.15, 0.2) is 12.1 Å². The monoisotopic (exact) mass is 205 g/mol. The van der Waals surface area contributed by atoms with Gasteiger partial charge in [-0.05, 0) is 31.5 Å². The Morgan fingerprint density at radius 2 is 1.87 bits per heavy atom. The lowest BCUT2D eigenvalue weighted by Gasteiger charge is -2.07. The Kier molecular flexibility index (Phi) is 2.26. The largest absolute Gasteiger partial charge is 0.371 e. The van der Waals surface area contributed by atoms with Crippen molar-refractivity contribution in [3.63, 3.8) is 0 Å². The Hall–Kier alpha value is -1.71. The van der Waals surface area contributed by atoms with E-state index in [1.807, 2.05) is 6.92 Å². The van der Waals surface area contributed by atoms with Gasteiger partial charge in [-0.2, -0.15) is 5.10 Å². The molecule has 0 atom stereocenters. The molecule has 0 aliphatic rings. The third-order valence-electron chi connectivity index (χ3n) is 2.48. The van der Waals surface area contributed by atoms with Crippen molar-refractivity contribution in [3.05, 3.63) is 29.2 Å². The lowest BCUT2D eigenvalue weighted by molar-refractivity contribution is 0.620. The number of aromatic nitrogens is 2. The fraction of sp³-hybridized carbons (Fsp3) is 0.273. The molecule has 4 heteroatoms. The Balaban J connectivity index is 2.88. The van der Waals surface area contributed by atoms with Crippen LogP contribution in [0.25, 0.3) is 10.8 Å². The van der Waals surface area contributed by atoms with Gasteiger partial charge in [0.2, 0.25) is 0 Å². The standard InChI is InChI=1S/C11H12FN3/c1-6-4-9-8(5-10(6)12)7(2)14-15-11(9)13-3/h4-5H,1-3H3,(H,13,15). The summed E-state index contributed by atoms with van der Waals surface area (Å²) in [5, 5.41) is 12.6. The third-order valence-corrected chi connectivity index (χ3v) is 2.48. The minimum atomic E-state index is -0.208. The fourth-order valence-electron chi connectivity index (χ4n) is 1.59. The Bertz CT molecular complexity index is 523. The normalized spacial score (nSPS) is 10.7. The minimum Gasteiger partial charge on any atom is -0.371 e. The summed E-state index contributed by atoms with van der Waals surface area (Å²) in [6, 6.07) is 3.30. The zero-order chi connectivity index (χ0) is 11.0. The zero-order valence-electron chi connectivity index (χ0n) is 8.93. The number of nitrogens with one attached hydrogen (secondary N) is 1. The lowest BCUT2D eigenvalue weighted by Crippen LogP contribution is -1.99. The van der Waals surface area contributed by atoms with E-state index >= 15 is 0 Å². The van der Waals surface area contributed by atoms with E-state index in [4.69, 9.17) is 0 Å². The second-order valence-electron chi connectivity index (χ2n) is 3.53. The predicted molar refractivity (Wildman–Crippen MR) is 58.5 cm³/mol. The van der Waals surface area contributed by atoms with Crippen LogP contribution in [-0.4, -0.2) is 17.2 Å². The number of rotatable bonds is 1. The van der Waals surface area contributed by atoms with Crippen LogP contribution in [0.5, 0.6) is 0 Å². The van der Waals surface area contributed by atoms with Gasteiger partial charge in [0, 0.05) is 17.8 Å². The summed E-state index contributed by atoms with van der Waals surface area (Å²) in [6.07, 6.45) is 0. The highest BCUT2D eigenvalue weighted by Crippen LogP contribution is 2.25. The summed E-state index contributed by atoms with van der Waals surface area (Å²) in [5.74, 6) is 0.472. The molecule has 2 rings (SSSR count). The molecule has 1 N–H and O–H groups in total. The second kappa shape index (κ2) is 3.46. The molecule has 3 nitrogen and oxygen atoms in total. The van der Waals surface area contributed by atoms with E-state index in [1.165, 1.54) is 6.07 Å². The SMILES string of the molecule is CNc1nnc(C)c2cc(F)c(C)cc12. The van der Waals surface area contributed by atoms with E-state index in [9.17, 15) is 4.39 Å². The molecule has 1 aromatic carbocycles. The Labute approximate surface area is 87.3 Å². The molecular formula is C11H12FN3. The topological polar surface area (TPSA) is 37.8 Å². The molecule has 0 bridgehead atoms. The molecule has 0 fully saturated rings. The third kappa shape index (κ3) is 1.52. The number of halogens is 1. The van der Waals surface area contributed by atoms with Gasteiger partial charge in [-0.15, -0.1) is 5.10 Å². The van der Waals surface area contributed by atoms with E-state index in [1.54, 1.807) is 20.0 Å². The van der Waals surface area contributed by atoms with Gasteiger partial charge < -0.3 is 5.32 Å². The highest BCUT2D eigenvalue weighted by Gasteiger charge is 2.08. The van der Waals surface area contributed by atoms with Crippen LogP contribution in [-0.2, 0) is 0 Å². The van der Waals surface area contributed by atoms with Crippen LogP contribution in [0, 0.1) is 19.7 Å². The number of hydrogen-bond donors (Lipinski definition) is 1. The summed E-state index contributed by atoms with van der Waals surface area (Å²) in [4.78, 5) is 0. The first-order valence-electron chi connectivity index (χ1n) is 4.74. The van der Waals surface area contributed by atoms with Crippen LogP contribution in [0.1, 0.15) is 11.3 Å². The van der Waals surface area contributed by atoms with Gasteiger partial charge in [0.1, 0.15) is 5.82 Å². The smallest absolute Gasteiger partial charge is 0.156 e. The van der Waals surface area contributed by atoms with Crippen molar-refractivity contribution in [2.75, 3.05) is 12.4 Å². The number of fused-ring (bicyclic) bond motifs is 1. The van der Waals surface area contributed by atoms with Crippen LogP contribution in [0.2, 0.25) is 0 Å². The van der Waals surface area contributed by atoms with Crippen molar-refractivity contribution in [3.8, 4) is 0 Å². The second-order valence-corrected chi connectivity index (χ2v) is 3.53. The first-order chi connectivity index (χ1) is 7.13. The molecule has 78 valence electrons. The van der Waals surface area contributed by atoms with Crippen molar-refractivity contribution >= 4 is 16.6 Å². The van der Waals surface area contributed by atoms with Crippen LogP contribution >= 0.6 is 0 Å². The first-order valence-corrected chi connectivity index (χ1v) is 4.74. The first kappa shape index (κ1) is 9.83. The van der Waals surface area contributed by atoms with E-state index in [0.717, 1.165) is 16.5 Å². The maximum absolute atomic E-state index is 13.4. The molecule has 0 unspecified atom stereocenters. The van der Waals surface area contributed by atoms with Gasteiger partial charge in [0.25, 0.3) is 0 Å². The van der Waals surface area contributed by atoms with E-state index in [0.29, 0.717) is 11.4 Å². The fourth-order valence-corrected chi connectivity index (χ4v) is 1.59. The maximum Gasteiger partial charge on any atom is 0.156 e. The average molecular weight is 205 g/mol. The van der Waals surface area contributed by atoms with Crippen LogP contribution in [0.3, 0.4) is 0 Å². The quantitative estimate of drug-likeness (QED) is 0.777. The van der Waals surface area contributed by atoms with Gasteiger partial charge in [0.05, 0.1) is 5.69 Å². The molecule has 15 heavy (non-hydrogen) atoms. The van der Waals surface area contributed by atoms with Crippen molar-refractivity contribution in [2.24, 2.45) is 0 Å². The van der Waals surface area contributed by atoms with Gasteiger partial charge in [-0.1, -0.05) is 0 Å². The van der Waals surface area contributed by atoms with Crippen LogP contribution in [0.4, 0.5) is 10.2 Å². The maximum atomic E-state index is 13.4. The molecule has 0 saturated heterocycles. The number of aryl methyl sites for hydroxylation is 2. The van der Waals surface area contributed by atoms with Gasteiger partial charge in [-0.3, -0.25) is 0 Å². The molecule has 2 aromatic rings. The summed E-state index contributed by atoms with van der Waals surface area (Å²) < 4.78 is 13.4. The van der Waals surface area contributed by atoms with Crippen LogP contribution < -0.4 is 5.32 Å². The highest BCUT2D eigenvalue weighted by atomic mass is 19.1. The molecule has 1 heterocycles. The number of nitrogens with zero attached hydrogens (tertiary/aromatic N) is 2. The van der Waals surface area contributed by atoms with Gasteiger partial charge in [0.15, 0.2) is 5.82 Å². The van der Waals surface area contributed by atoms with Gasteiger partial charge >= 0.3 is 0 Å². The highest BCUT2D eigenvalue weighted by molar-refractivity contribution is 5.93. The van der Waals surface area contributed by atoms with Gasteiger partial charge in [-0.25, -0.2) is 4.39 Å². The number of benzene rings is 1. The molecule has 0 aliphatic heterocycles. The summed E-state index contributed by atoms with van der Waals surface area (Å²) in [5.41, 5.74) is 1.36.